The second-order valence-electron chi connectivity index (χ2n) is 5.43. The minimum Gasteiger partial charge on any atom is -0.490 e. The van der Waals surface area contributed by atoms with E-state index in [0.29, 0.717) is 24.8 Å². The first kappa shape index (κ1) is 18.2. The Bertz CT molecular complexity index is 547. The lowest BCUT2D eigenvalue weighted by Crippen LogP contribution is -2.28. The average Bonchev–Trinajstić information content (AvgIpc) is 2.91. The molecule has 0 aliphatic heterocycles. The summed E-state index contributed by atoms with van der Waals surface area (Å²) in [5.74, 6) is 1.58. The van der Waals surface area contributed by atoms with Gasteiger partial charge in [0.1, 0.15) is 12.4 Å². The van der Waals surface area contributed by atoms with Crippen molar-refractivity contribution >= 4 is 34.0 Å². The zero-order valence-electron chi connectivity index (χ0n) is 12.4. The van der Waals surface area contributed by atoms with E-state index in [1.54, 1.807) is 6.20 Å². The number of hydrogen-bond acceptors (Lipinski definition) is 5. The van der Waals surface area contributed by atoms with E-state index in [9.17, 15) is 5.11 Å². The summed E-state index contributed by atoms with van der Waals surface area (Å²) in [7, 11) is 0. The number of halogens is 1. The van der Waals surface area contributed by atoms with E-state index in [2.05, 4.69) is 18.2 Å². The van der Waals surface area contributed by atoms with Gasteiger partial charge in [-0.15, -0.1) is 12.4 Å². The number of nitrogens with two attached hydrogens (primary N) is 1. The van der Waals surface area contributed by atoms with Gasteiger partial charge in [0, 0.05) is 0 Å². The molecule has 0 saturated carbocycles. The number of ether oxygens (including phenoxy) is 1. The lowest BCUT2D eigenvalue weighted by Gasteiger charge is -2.22. The molecule has 4 nitrogen and oxygen atoms in total. The largest absolute Gasteiger partial charge is 0.490 e. The van der Waals surface area contributed by atoms with E-state index in [4.69, 9.17) is 10.5 Å². The van der Waals surface area contributed by atoms with Crippen LogP contribution in [-0.2, 0) is 0 Å². The monoisotopic (exact) mass is 330 g/mol. The van der Waals surface area contributed by atoms with Gasteiger partial charge in [0.05, 0.1) is 22.4 Å². The minimum atomic E-state index is -0.493. The van der Waals surface area contributed by atoms with Crippen LogP contribution in [0.5, 0.6) is 5.75 Å². The first-order valence-corrected chi connectivity index (χ1v) is 7.73. The number of hydrogen-bond donors (Lipinski definition) is 2. The van der Waals surface area contributed by atoms with E-state index in [1.807, 2.05) is 18.2 Å². The SMILES string of the molecule is CC(C)C(CN)CC(O)COc1cccc2sncc12.Cl. The van der Waals surface area contributed by atoms with Gasteiger partial charge >= 0.3 is 0 Å². The summed E-state index contributed by atoms with van der Waals surface area (Å²) >= 11 is 1.44. The fourth-order valence-electron chi connectivity index (χ4n) is 2.24. The van der Waals surface area contributed by atoms with Crippen molar-refractivity contribution in [1.29, 1.82) is 0 Å². The Hall–Kier alpha value is -0.880. The lowest BCUT2D eigenvalue weighted by molar-refractivity contribution is 0.0791. The summed E-state index contributed by atoms with van der Waals surface area (Å²) in [6.45, 7) is 5.14. The van der Waals surface area contributed by atoms with Crippen molar-refractivity contribution < 1.29 is 9.84 Å². The highest BCUT2D eigenvalue weighted by molar-refractivity contribution is 7.13. The molecule has 2 unspecified atom stereocenters. The van der Waals surface area contributed by atoms with Gasteiger partial charge in [-0.1, -0.05) is 19.9 Å². The summed E-state index contributed by atoms with van der Waals surface area (Å²) in [5.41, 5.74) is 5.73. The summed E-state index contributed by atoms with van der Waals surface area (Å²) in [4.78, 5) is 0. The fourth-order valence-corrected chi connectivity index (χ4v) is 2.90. The van der Waals surface area contributed by atoms with E-state index < -0.39 is 6.10 Å². The maximum Gasteiger partial charge on any atom is 0.129 e. The number of benzene rings is 1. The van der Waals surface area contributed by atoms with Crippen molar-refractivity contribution in [2.24, 2.45) is 17.6 Å². The first-order valence-electron chi connectivity index (χ1n) is 6.96. The standard InChI is InChI=1S/C15H22N2O2S.ClH/c1-10(2)11(7-16)6-12(18)9-19-14-4-3-5-15-13(14)8-17-20-15;/h3-5,8,10-12,18H,6-7,9,16H2,1-2H3;1H. The number of aliphatic hydroxyl groups excluding tert-OH is 1. The smallest absolute Gasteiger partial charge is 0.129 e. The molecule has 0 spiro atoms. The van der Waals surface area contributed by atoms with Crippen molar-refractivity contribution in [2.75, 3.05) is 13.2 Å². The Morgan fingerprint density at radius 3 is 2.81 bits per heavy atom. The Kier molecular flexibility index (Phi) is 7.39. The molecule has 0 fully saturated rings. The van der Waals surface area contributed by atoms with Crippen LogP contribution < -0.4 is 10.5 Å². The average molecular weight is 331 g/mol. The van der Waals surface area contributed by atoms with E-state index in [1.165, 1.54) is 11.5 Å². The molecule has 0 saturated heterocycles. The molecular formula is C15H23ClN2O2S. The Balaban J connectivity index is 0.00000220. The van der Waals surface area contributed by atoms with Crippen LogP contribution in [0.2, 0.25) is 0 Å². The molecule has 0 bridgehead atoms. The highest BCUT2D eigenvalue weighted by Gasteiger charge is 2.17. The molecule has 0 amide bonds. The number of fused-ring (bicyclic) bond motifs is 1. The second kappa shape index (κ2) is 8.54. The van der Waals surface area contributed by atoms with Crippen molar-refractivity contribution in [2.45, 2.75) is 26.4 Å². The zero-order valence-corrected chi connectivity index (χ0v) is 14.0. The molecule has 0 radical (unpaired) electrons. The van der Waals surface area contributed by atoms with Crippen LogP contribution in [0.25, 0.3) is 10.1 Å². The van der Waals surface area contributed by atoms with Gasteiger partial charge in [-0.2, -0.15) is 4.37 Å². The van der Waals surface area contributed by atoms with Crippen LogP contribution in [0.4, 0.5) is 0 Å². The van der Waals surface area contributed by atoms with Gasteiger partial charge in [0.15, 0.2) is 0 Å². The minimum absolute atomic E-state index is 0. The highest BCUT2D eigenvalue weighted by Crippen LogP contribution is 2.28. The molecule has 6 heteroatoms. The number of rotatable bonds is 7. The third-order valence-electron chi connectivity index (χ3n) is 3.61. The molecule has 2 rings (SSSR count). The molecular weight excluding hydrogens is 308 g/mol. The van der Waals surface area contributed by atoms with Gasteiger partial charge < -0.3 is 15.6 Å². The zero-order chi connectivity index (χ0) is 14.5. The summed E-state index contributed by atoms with van der Waals surface area (Å²) in [6, 6.07) is 5.87. The van der Waals surface area contributed by atoms with E-state index >= 15 is 0 Å². The van der Waals surface area contributed by atoms with Gasteiger partial charge in [0.2, 0.25) is 0 Å². The molecule has 2 aromatic rings. The number of aromatic nitrogens is 1. The molecule has 118 valence electrons. The third-order valence-corrected chi connectivity index (χ3v) is 4.37. The van der Waals surface area contributed by atoms with Crippen molar-refractivity contribution in [3.63, 3.8) is 0 Å². The van der Waals surface area contributed by atoms with Crippen LogP contribution in [0.15, 0.2) is 24.4 Å². The molecule has 0 aliphatic carbocycles. The van der Waals surface area contributed by atoms with E-state index in [0.717, 1.165) is 15.8 Å². The van der Waals surface area contributed by atoms with Gasteiger partial charge in [-0.25, -0.2) is 0 Å². The molecule has 21 heavy (non-hydrogen) atoms. The topological polar surface area (TPSA) is 68.4 Å². The molecule has 2 atom stereocenters. The van der Waals surface area contributed by atoms with Crippen LogP contribution in [0, 0.1) is 11.8 Å². The van der Waals surface area contributed by atoms with Gasteiger partial charge in [-0.3, -0.25) is 0 Å². The number of nitrogens with zero attached hydrogens (tertiary/aromatic N) is 1. The third kappa shape index (κ3) is 4.81. The van der Waals surface area contributed by atoms with E-state index in [-0.39, 0.29) is 19.0 Å². The molecule has 1 heterocycles. The van der Waals surface area contributed by atoms with Gasteiger partial charge in [-0.05, 0) is 48.5 Å². The first-order chi connectivity index (χ1) is 9.61. The summed E-state index contributed by atoms with van der Waals surface area (Å²) < 4.78 is 11.0. The van der Waals surface area contributed by atoms with Crippen LogP contribution in [0.3, 0.4) is 0 Å². The van der Waals surface area contributed by atoms with Crippen LogP contribution in [0.1, 0.15) is 20.3 Å². The molecule has 0 aliphatic rings. The Morgan fingerprint density at radius 2 is 2.14 bits per heavy atom. The number of aliphatic hydroxyl groups is 1. The predicted octanol–water partition coefficient (Wildman–Crippen LogP) is 3.08. The fraction of sp³-hybridized carbons (Fsp3) is 0.533. The predicted molar refractivity (Wildman–Crippen MR) is 90.4 cm³/mol. The summed E-state index contributed by atoms with van der Waals surface area (Å²) in [5, 5.41) is 11.1. The van der Waals surface area contributed by atoms with Gasteiger partial charge in [0.25, 0.3) is 0 Å². The quantitative estimate of drug-likeness (QED) is 0.818. The molecule has 1 aromatic heterocycles. The normalized spacial score (nSPS) is 14.0. The second-order valence-corrected chi connectivity index (χ2v) is 6.27. The Morgan fingerprint density at radius 1 is 1.38 bits per heavy atom. The van der Waals surface area contributed by atoms with Crippen LogP contribution >= 0.6 is 23.9 Å². The maximum atomic E-state index is 10.1. The Labute approximate surface area is 135 Å². The summed E-state index contributed by atoms with van der Waals surface area (Å²) in [6.07, 6.45) is 1.98. The maximum absolute atomic E-state index is 10.1. The van der Waals surface area contributed by atoms with Crippen molar-refractivity contribution in [3.05, 3.63) is 24.4 Å². The van der Waals surface area contributed by atoms with Crippen LogP contribution in [-0.4, -0.2) is 28.7 Å². The molecule has 3 N–H and O–H groups in total. The lowest BCUT2D eigenvalue weighted by atomic mass is 9.90. The van der Waals surface area contributed by atoms with Crippen molar-refractivity contribution in [3.8, 4) is 5.75 Å². The molecule has 1 aromatic carbocycles. The van der Waals surface area contributed by atoms with Crippen molar-refractivity contribution in [1.82, 2.24) is 4.37 Å². The highest BCUT2D eigenvalue weighted by atomic mass is 35.5.